The number of methoxy groups -OCH3 is 1. The Hall–Kier alpha value is -3.88. The van der Waals surface area contributed by atoms with Crippen molar-refractivity contribution < 1.29 is 18.8 Å². The predicted molar refractivity (Wildman–Crippen MR) is 160 cm³/mol. The number of benzene rings is 3. The Bertz CT molecular complexity index is 1500. The molecular weight excluding hydrogens is 540 g/mol. The zero-order valence-corrected chi connectivity index (χ0v) is 24.6. The van der Waals surface area contributed by atoms with Crippen LogP contribution in [-0.2, 0) is 16.8 Å². The van der Waals surface area contributed by atoms with Gasteiger partial charge in [-0.25, -0.2) is 0 Å². The van der Waals surface area contributed by atoms with Gasteiger partial charge in [0.25, 0.3) is 0 Å². The van der Waals surface area contributed by atoms with E-state index in [2.05, 4.69) is 53.3 Å². The van der Waals surface area contributed by atoms with E-state index in [-0.39, 0.29) is 17.2 Å². The summed E-state index contributed by atoms with van der Waals surface area (Å²) in [7, 11) is 1.60. The van der Waals surface area contributed by atoms with Crippen molar-refractivity contribution in [2.75, 3.05) is 25.5 Å². The summed E-state index contributed by atoms with van der Waals surface area (Å²) in [6.07, 6.45) is 1.67. The van der Waals surface area contributed by atoms with E-state index in [0.29, 0.717) is 52.8 Å². The maximum atomic E-state index is 13.4. The lowest BCUT2D eigenvalue weighted by atomic mass is 9.87. The number of anilines is 1. The Labute approximate surface area is 245 Å². The molecule has 1 fully saturated rings. The van der Waals surface area contributed by atoms with Gasteiger partial charge in [0, 0.05) is 23.2 Å². The largest absolute Gasteiger partial charge is 0.497 e. The maximum Gasteiger partial charge on any atom is 0.241 e. The SMILES string of the molecule is COc1cccc(Oc2ccc(Cl)cc2NC(=O)C2CCCN(Cc3nc(-c4ccc(C(C)(C)C)cc4)no3)C2)c1. The molecule has 0 spiro atoms. The van der Waals surface area contributed by atoms with Crippen LogP contribution in [0.1, 0.15) is 45.1 Å². The van der Waals surface area contributed by atoms with Gasteiger partial charge in [0.1, 0.15) is 11.5 Å². The van der Waals surface area contributed by atoms with Gasteiger partial charge < -0.3 is 19.3 Å². The third-order valence-electron chi connectivity index (χ3n) is 7.18. The predicted octanol–water partition coefficient (Wildman–Crippen LogP) is 7.34. The molecule has 9 heteroatoms. The summed E-state index contributed by atoms with van der Waals surface area (Å²) in [6, 6.07) is 20.7. The van der Waals surface area contributed by atoms with Crippen molar-refractivity contribution >= 4 is 23.2 Å². The maximum absolute atomic E-state index is 13.4. The van der Waals surface area contributed by atoms with Crippen LogP contribution in [0.2, 0.25) is 5.02 Å². The highest BCUT2D eigenvalue weighted by molar-refractivity contribution is 6.31. The topological polar surface area (TPSA) is 89.7 Å². The first-order valence-electron chi connectivity index (χ1n) is 13.8. The lowest BCUT2D eigenvalue weighted by Crippen LogP contribution is -2.40. The standard InChI is InChI=1S/C32H35ClN4O4/c1-32(2,3)23-12-10-21(11-13-23)30-35-29(41-36-30)20-37-16-6-7-22(19-37)31(38)34-27-17-24(33)14-15-28(27)40-26-9-5-8-25(18-26)39-4/h5,8-15,17-18,22H,6-7,16,19-20H2,1-4H3,(H,34,38). The number of likely N-dealkylation sites (tertiary alicyclic amines) is 1. The van der Waals surface area contributed by atoms with Gasteiger partial charge in [0.05, 0.1) is 25.3 Å². The minimum atomic E-state index is -0.209. The number of amides is 1. The second-order valence-electron chi connectivity index (χ2n) is 11.3. The van der Waals surface area contributed by atoms with Crippen molar-refractivity contribution in [2.24, 2.45) is 5.92 Å². The van der Waals surface area contributed by atoms with Crippen molar-refractivity contribution in [3.63, 3.8) is 0 Å². The number of nitrogens with zero attached hydrogens (tertiary/aromatic N) is 3. The Kier molecular flexibility index (Phi) is 8.61. The van der Waals surface area contributed by atoms with Crippen LogP contribution >= 0.6 is 11.6 Å². The Balaban J connectivity index is 1.22. The fourth-order valence-corrected chi connectivity index (χ4v) is 5.05. The van der Waals surface area contributed by atoms with Crippen LogP contribution in [0.3, 0.4) is 0 Å². The van der Waals surface area contributed by atoms with Crippen LogP contribution in [0, 0.1) is 5.92 Å². The van der Waals surface area contributed by atoms with E-state index in [0.717, 1.165) is 24.9 Å². The Morgan fingerprint density at radius 3 is 2.63 bits per heavy atom. The molecule has 1 aromatic heterocycles. The first kappa shape index (κ1) is 28.6. The van der Waals surface area contributed by atoms with Crippen LogP contribution in [0.15, 0.2) is 71.3 Å². The van der Waals surface area contributed by atoms with E-state index in [1.54, 1.807) is 31.4 Å². The second kappa shape index (κ2) is 12.3. The number of carbonyl (C=O) groups excluding carboxylic acids is 1. The van der Waals surface area contributed by atoms with Crippen LogP contribution in [0.5, 0.6) is 17.2 Å². The summed E-state index contributed by atoms with van der Waals surface area (Å²) in [6.45, 7) is 8.47. The molecule has 0 saturated carbocycles. The molecular formula is C32H35ClN4O4. The average molecular weight is 575 g/mol. The Morgan fingerprint density at radius 1 is 1.10 bits per heavy atom. The summed E-state index contributed by atoms with van der Waals surface area (Å²) >= 11 is 6.27. The molecule has 4 aromatic rings. The van der Waals surface area contributed by atoms with Crippen LogP contribution < -0.4 is 14.8 Å². The summed E-state index contributed by atoms with van der Waals surface area (Å²) in [4.78, 5) is 20.2. The van der Waals surface area contributed by atoms with E-state index in [4.69, 9.17) is 25.6 Å². The van der Waals surface area contributed by atoms with Crippen molar-refractivity contribution in [1.29, 1.82) is 0 Å². The molecule has 1 aliphatic rings. The van der Waals surface area contributed by atoms with Crippen LogP contribution in [-0.4, -0.2) is 41.1 Å². The molecule has 1 atom stereocenters. The molecule has 0 bridgehead atoms. The van der Waals surface area contributed by atoms with Gasteiger partial charge in [-0.2, -0.15) is 4.98 Å². The molecule has 1 saturated heterocycles. The number of carbonyl (C=O) groups is 1. The number of hydrogen-bond donors (Lipinski definition) is 1. The number of rotatable bonds is 8. The van der Waals surface area contributed by atoms with Gasteiger partial charge >= 0.3 is 0 Å². The van der Waals surface area contributed by atoms with Crippen LogP contribution in [0.25, 0.3) is 11.4 Å². The molecule has 1 N–H and O–H groups in total. The highest BCUT2D eigenvalue weighted by atomic mass is 35.5. The van der Waals surface area contributed by atoms with Gasteiger partial charge in [-0.15, -0.1) is 0 Å². The van der Waals surface area contributed by atoms with Gasteiger partial charge in [-0.3, -0.25) is 9.69 Å². The summed E-state index contributed by atoms with van der Waals surface area (Å²) in [5.41, 5.74) is 2.76. The average Bonchev–Trinajstić information content (AvgIpc) is 3.43. The number of hydrogen-bond acceptors (Lipinski definition) is 7. The first-order valence-corrected chi connectivity index (χ1v) is 14.1. The Morgan fingerprint density at radius 2 is 1.88 bits per heavy atom. The monoisotopic (exact) mass is 574 g/mol. The second-order valence-corrected chi connectivity index (χ2v) is 11.8. The highest BCUT2D eigenvalue weighted by Crippen LogP contribution is 2.34. The van der Waals surface area contributed by atoms with Gasteiger partial charge in [-0.05, 0) is 60.7 Å². The van der Waals surface area contributed by atoms with Gasteiger partial charge in [-0.1, -0.05) is 67.9 Å². The number of ether oxygens (including phenoxy) is 2. The fraction of sp³-hybridized carbons (Fsp3) is 0.344. The third-order valence-corrected chi connectivity index (χ3v) is 7.42. The normalized spacial score (nSPS) is 15.9. The molecule has 1 aliphatic heterocycles. The zero-order valence-electron chi connectivity index (χ0n) is 23.8. The highest BCUT2D eigenvalue weighted by Gasteiger charge is 2.28. The molecule has 0 aliphatic carbocycles. The van der Waals surface area contributed by atoms with Gasteiger partial charge in [0.2, 0.25) is 17.6 Å². The minimum Gasteiger partial charge on any atom is -0.497 e. The number of piperidine rings is 1. The number of aromatic nitrogens is 2. The van der Waals surface area contributed by atoms with Crippen LogP contribution in [0.4, 0.5) is 5.69 Å². The molecule has 1 unspecified atom stereocenters. The number of halogens is 1. The smallest absolute Gasteiger partial charge is 0.241 e. The van der Waals surface area contributed by atoms with E-state index >= 15 is 0 Å². The minimum absolute atomic E-state index is 0.0788. The summed E-state index contributed by atoms with van der Waals surface area (Å²) in [5, 5.41) is 7.73. The molecule has 3 aromatic carbocycles. The third kappa shape index (κ3) is 7.26. The van der Waals surface area contributed by atoms with E-state index in [1.165, 1.54) is 5.56 Å². The van der Waals surface area contributed by atoms with Crippen molar-refractivity contribution in [2.45, 2.75) is 45.6 Å². The lowest BCUT2D eigenvalue weighted by Gasteiger charge is -2.31. The fourth-order valence-electron chi connectivity index (χ4n) is 4.88. The molecule has 41 heavy (non-hydrogen) atoms. The van der Waals surface area contributed by atoms with Crippen molar-refractivity contribution in [3.8, 4) is 28.6 Å². The van der Waals surface area contributed by atoms with E-state index in [9.17, 15) is 4.79 Å². The van der Waals surface area contributed by atoms with Crippen molar-refractivity contribution in [1.82, 2.24) is 15.0 Å². The molecule has 8 nitrogen and oxygen atoms in total. The molecule has 2 heterocycles. The molecule has 1 amide bonds. The summed E-state index contributed by atoms with van der Waals surface area (Å²) in [5.74, 6) is 2.57. The van der Waals surface area contributed by atoms with E-state index < -0.39 is 0 Å². The molecule has 5 rings (SSSR count). The number of nitrogens with one attached hydrogen (secondary N) is 1. The quantitative estimate of drug-likeness (QED) is 0.235. The van der Waals surface area contributed by atoms with E-state index in [1.807, 2.05) is 30.3 Å². The van der Waals surface area contributed by atoms with Crippen molar-refractivity contribution in [3.05, 3.63) is 83.2 Å². The lowest BCUT2D eigenvalue weighted by molar-refractivity contribution is -0.121. The zero-order chi connectivity index (χ0) is 29.0. The van der Waals surface area contributed by atoms with Gasteiger partial charge in [0.15, 0.2) is 5.75 Å². The first-order chi connectivity index (χ1) is 19.7. The summed E-state index contributed by atoms with van der Waals surface area (Å²) < 4.78 is 16.9. The molecule has 214 valence electrons. The molecule has 0 radical (unpaired) electrons.